The van der Waals surface area contributed by atoms with E-state index in [4.69, 9.17) is 47.4 Å². The Morgan fingerprint density at radius 2 is 1.42 bits per heavy atom. The van der Waals surface area contributed by atoms with Crippen LogP contribution < -0.4 is 10.6 Å². The highest BCUT2D eigenvalue weighted by atomic mass is 127. The summed E-state index contributed by atoms with van der Waals surface area (Å²) >= 11 is 4.53. The van der Waals surface area contributed by atoms with Gasteiger partial charge in [-0.25, -0.2) is 14.4 Å². The van der Waals surface area contributed by atoms with Gasteiger partial charge in [-0.2, -0.15) is 0 Å². The molecule has 356 valence electrons. The topological polar surface area (TPSA) is 191 Å². The van der Waals surface area contributed by atoms with Gasteiger partial charge >= 0.3 is 18.3 Å². The molecule has 0 bridgehead atoms. The Labute approximate surface area is 406 Å². The fourth-order valence-electron chi connectivity index (χ4n) is 10.4. The van der Waals surface area contributed by atoms with E-state index in [-0.39, 0.29) is 41.5 Å². The van der Waals surface area contributed by atoms with Crippen LogP contribution >= 0.6 is 45.2 Å². The predicted molar refractivity (Wildman–Crippen MR) is 247 cm³/mol. The number of aliphatic hydroxyl groups is 1. The maximum absolute atomic E-state index is 13.7. The minimum Gasteiger partial charge on any atom is -0.445 e. The molecule has 1 spiro atoms. The summed E-state index contributed by atoms with van der Waals surface area (Å²) < 4.78 is 65.0. The van der Waals surface area contributed by atoms with Gasteiger partial charge in [0.15, 0.2) is 30.8 Å². The summed E-state index contributed by atoms with van der Waals surface area (Å²) in [5.41, 5.74) is 1.66. The van der Waals surface area contributed by atoms with Crippen LogP contribution in [0.5, 0.6) is 0 Å². The van der Waals surface area contributed by atoms with Crippen LogP contribution in [0.2, 0.25) is 0 Å². The molecule has 2 aromatic rings. The van der Waals surface area contributed by atoms with Gasteiger partial charge in [0.1, 0.15) is 49.8 Å². The average molecular weight is 1130 g/mol. The fraction of sp³-hybridized carbons (Fsp3) is 0.674. The Balaban J connectivity index is 0.956. The molecule has 2 aromatic carbocycles. The molecular formula is C46H59I2N3O14. The number of carbonyl (C=O) groups is 3. The first kappa shape index (κ1) is 47.5. The van der Waals surface area contributed by atoms with Crippen molar-refractivity contribution in [3.63, 3.8) is 0 Å². The van der Waals surface area contributed by atoms with Gasteiger partial charge in [0.2, 0.25) is 0 Å². The van der Waals surface area contributed by atoms with Crippen LogP contribution in [-0.2, 0) is 60.6 Å². The zero-order valence-corrected chi connectivity index (χ0v) is 40.9. The highest BCUT2D eigenvalue weighted by molar-refractivity contribution is 14.1. The van der Waals surface area contributed by atoms with Crippen molar-refractivity contribution in [3.05, 3.63) is 71.8 Å². The number of aliphatic hydroxyl groups excluding tert-OH is 1. The average Bonchev–Trinajstić information content (AvgIpc) is 3.83. The SMILES string of the molecule is CC1C[C@@H]2OC(O[C@H]3OC(CI)[C@@H](C)C(I)[C@@H]3O)C3C(OC(=O)N3C)C2O[C@@H]1O[C@@H]1C(NC(=O)OCc2ccccc2)C[C@@H](NC(=O)OCc2ccccc2)C2OC3(CCCCC3)O[C@H]21. The Bertz CT molecular complexity index is 1950. The summed E-state index contributed by atoms with van der Waals surface area (Å²) in [5.74, 6) is -1.08. The molecule has 2 saturated carbocycles. The van der Waals surface area contributed by atoms with E-state index in [1.807, 2.05) is 67.6 Å². The van der Waals surface area contributed by atoms with Gasteiger partial charge in [-0.15, -0.1) is 0 Å². The first-order valence-electron chi connectivity index (χ1n) is 22.8. The molecule has 5 heterocycles. The predicted octanol–water partition coefficient (Wildman–Crippen LogP) is 6.08. The molecule has 17 nitrogen and oxygen atoms in total. The number of fused-ring (bicyclic) bond motifs is 4. The quantitative estimate of drug-likeness (QED) is 0.133. The number of amides is 3. The maximum Gasteiger partial charge on any atom is 0.410 e. The van der Waals surface area contributed by atoms with Crippen LogP contribution in [0.4, 0.5) is 14.4 Å². The van der Waals surface area contributed by atoms with E-state index in [0.717, 1.165) is 30.4 Å². The third-order valence-electron chi connectivity index (χ3n) is 14.0. The number of hydrogen-bond donors (Lipinski definition) is 3. The highest BCUT2D eigenvalue weighted by Crippen LogP contribution is 2.48. The van der Waals surface area contributed by atoms with Crippen LogP contribution in [0.15, 0.2) is 60.7 Å². The van der Waals surface area contributed by atoms with Crippen molar-refractivity contribution in [2.75, 3.05) is 11.5 Å². The number of rotatable bonds is 11. The third-order valence-corrected chi connectivity index (χ3v) is 16.7. The molecular weight excluding hydrogens is 1070 g/mol. The molecule has 2 aliphatic carbocycles. The van der Waals surface area contributed by atoms with Crippen molar-refractivity contribution in [3.8, 4) is 0 Å². The molecule has 17 atom stereocenters. The second kappa shape index (κ2) is 20.5. The van der Waals surface area contributed by atoms with Crippen molar-refractivity contribution in [2.24, 2.45) is 11.8 Å². The normalized spacial score (nSPS) is 39.6. The minimum atomic E-state index is -0.981. The fourth-order valence-corrected chi connectivity index (χ4v) is 12.2. The molecule has 19 heteroatoms. The number of benzene rings is 2. The van der Waals surface area contributed by atoms with E-state index < -0.39 is 104 Å². The number of nitrogens with one attached hydrogen (secondary N) is 2. The maximum atomic E-state index is 13.7. The number of carbonyl (C=O) groups excluding carboxylic acids is 3. The number of alkyl halides is 2. The minimum absolute atomic E-state index is 0.0436. The summed E-state index contributed by atoms with van der Waals surface area (Å²) in [4.78, 5) is 41.9. The Morgan fingerprint density at radius 1 is 0.785 bits per heavy atom. The zero-order valence-electron chi connectivity index (χ0n) is 36.6. The Morgan fingerprint density at radius 3 is 2.06 bits per heavy atom. The van der Waals surface area contributed by atoms with Crippen molar-refractivity contribution >= 4 is 63.5 Å². The van der Waals surface area contributed by atoms with Gasteiger partial charge in [0.05, 0.1) is 24.3 Å². The molecule has 5 aliphatic heterocycles. The summed E-state index contributed by atoms with van der Waals surface area (Å²) in [7, 11) is 1.62. The smallest absolute Gasteiger partial charge is 0.410 e. The van der Waals surface area contributed by atoms with E-state index >= 15 is 0 Å². The lowest BCUT2D eigenvalue weighted by Gasteiger charge is -2.51. The lowest BCUT2D eigenvalue weighted by atomic mass is 9.83. The van der Waals surface area contributed by atoms with Crippen molar-refractivity contribution in [2.45, 2.75) is 168 Å². The molecule has 0 radical (unpaired) electrons. The lowest BCUT2D eigenvalue weighted by molar-refractivity contribution is -0.369. The van der Waals surface area contributed by atoms with E-state index in [1.165, 1.54) is 4.90 Å². The molecule has 9 rings (SSSR count). The molecule has 9 unspecified atom stereocenters. The van der Waals surface area contributed by atoms with Crippen LogP contribution in [0.3, 0.4) is 0 Å². The number of alkyl carbamates (subject to hydrolysis) is 2. The molecule has 5 saturated heterocycles. The number of halogens is 2. The number of hydrogen-bond acceptors (Lipinski definition) is 14. The second-order valence-electron chi connectivity index (χ2n) is 18.4. The van der Waals surface area contributed by atoms with Gasteiger partial charge in [0, 0.05) is 34.2 Å². The van der Waals surface area contributed by atoms with E-state index in [1.54, 1.807) is 7.05 Å². The van der Waals surface area contributed by atoms with E-state index in [9.17, 15) is 19.5 Å². The van der Waals surface area contributed by atoms with Crippen molar-refractivity contribution in [1.82, 2.24) is 15.5 Å². The van der Waals surface area contributed by atoms with Crippen LogP contribution in [-0.4, -0.2) is 135 Å². The third kappa shape index (κ3) is 10.2. The van der Waals surface area contributed by atoms with Crippen LogP contribution in [0.1, 0.15) is 69.9 Å². The first-order valence-corrected chi connectivity index (χ1v) is 25.6. The summed E-state index contributed by atoms with van der Waals surface area (Å²) in [6.07, 6.45) is -5.33. The number of nitrogens with zero attached hydrogens (tertiary/aromatic N) is 1. The largest absolute Gasteiger partial charge is 0.445 e. The highest BCUT2D eigenvalue weighted by Gasteiger charge is 2.62. The first-order chi connectivity index (χ1) is 31.4. The van der Waals surface area contributed by atoms with Gasteiger partial charge < -0.3 is 63.1 Å². The number of ether oxygens (including phenoxy) is 10. The molecule has 0 aromatic heterocycles. The van der Waals surface area contributed by atoms with Gasteiger partial charge in [-0.05, 0) is 42.7 Å². The van der Waals surface area contributed by atoms with Crippen molar-refractivity contribution in [1.29, 1.82) is 0 Å². The Kier molecular flexibility index (Phi) is 15.0. The molecule has 7 fully saturated rings. The standard InChI is InChI=1S/C46H59I2N3O14/c1-24-19-30-37(38-33(51(3)45(55)62-38)41(58-30)63-42-34(52)32(48)25(2)31(21-47)59-42)61-40(24)60-35-28(49-43(53)56-22-26-13-7-4-8-14-26)20-29(50-44(54)57-23-27-15-9-5-10-16-27)36-39(35)65-46(64-36)17-11-6-12-18-46/h4-5,7-10,13-16,24-25,28-42,52H,6,11-12,17-23H2,1-3H3,(H,49,53)(H,50,54)/t24?,25-,28?,29-,30+,31?,32?,33?,34+,35-,36?,37?,38?,39+,40+,41?,42-/m1/s1. The molecule has 3 N–H and O–H groups in total. The monoisotopic (exact) mass is 1130 g/mol. The molecule has 7 aliphatic rings. The van der Waals surface area contributed by atoms with Crippen LogP contribution in [0.25, 0.3) is 0 Å². The molecule has 65 heavy (non-hydrogen) atoms. The van der Waals surface area contributed by atoms with Gasteiger partial charge in [-0.3, -0.25) is 4.90 Å². The summed E-state index contributed by atoms with van der Waals surface area (Å²) in [5, 5.41) is 17.4. The van der Waals surface area contributed by atoms with E-state index in [2.05, 4.69) is 62.7 Å². The Hall–Kier alpha value is -2.61. The molecule has 3 amide bonds. The number of likely N-dealkylation sites (N-methyl/N-ethyl adjacent to an activating group) is 1. The lowest BCUT2D eigenvalue weighted by Crippen LogP contribution is -2.67. The summed E-state index contributed by atoms with van der Waals surface area (Å²) in [6.45, 7) is 4.15. The van der Waals surface area contributed by atoms with E-state index in [0.29, 0.717) is 23.7 Å². The van der Waals surface area contributed by atoms with Gasteiger partial charge in [-0.1, -0.05) is 126 Å². The summed E-state index contributed by atoms with van der Waals surface area (Å²) in [6, 6.07) is 16.7. The van der Waals surface area contributed by atoms with Gasteiger partial charge in [0.25, 0.3) is 0 Å². The van der Waals surface area contributed by atoms with Crippen molar-refractivity contribution < 1.29 is 66.9 Å². The zero-order chi connectivity index (χ0) is 45.4. The second-order valence-corrected chi connectivity index (χ2v) is 20.7. The van der Waals surface area contributed by atoms with Crippen LogP contribution in [0, 0.1) is 11.8 Å².